The van der Waals surface area contributed by atoms with Gasteiger partial charge in [0, 0.05) is 30.6 Å². The van der Waals surface area contributed by atoms with E-state index < -0.39 is 0 Å². The zero-order valence-electron chi connectivity index (χ0n) is 9.58. The van der Waals surface area contributed by atoms with E-state index in [1.807, 2.05) is 18.2 Å². The molecule has 2 aromatic heterocycles. The lowest BCUT2D eigenvalue weighted by Crippen LogP contribution is -1.85. The quantitative estimate of drug-likeness (QED) is 0.772. The number of nitrogens with one attached hydrogen (secondary N) is 1. The van der Waals surface area contributed by atoms with Crippen LogP contribution in [0.5, 0.6) is 5.88 Å². The first-order chi connectivity index (χ1) is 8.66. The summed E-state index contributed by atoms with van der Waals surface area (Å²) in [6, 6.07) is 3.80. The highest BCUT2D eigenvalue weighted by Crippen LogP contribution is 2.31. The molecule has 0 spiro atoms. The predicted octanol–water partition coefficient (Wildman–Crippen LogP) is 2.44. The molecule has 3 rings (SSSR count). The van der Waals surface area contributed by atoms with Crippen molar-refractivity contribution in [2.45, 2.75) is 0 Å². The Labute approximate surface area is 108 Å². The molecule has 0 bridgehead atoms. The van der Waals surface area contributed by atoms with Crippen LogP contribution in [0.3, 0.4) is 0 Å². The fourth-order valence-electron chi connectivity index (χ4n) is 1.83. The Morgan fingerprint density at radius 3 is 3.06 bits per heavy atom. The van der Waals surface area contributed by atoms with Gasteiger partial charge in [0.25, 0.3) is 0 Å². The van der Waals surface area contributed by atoms with E-state index in [1.165, 1.54) is 4.57 Å². The standard InChI is InChI=1S/C12H10N4OS/c1-16-11(17)9(15-12(16)18)5-7-6-14-10-8(7)3-2-4-13-10/h2-6,17H,1H3,(H,15,18)/b7-5+. The first-order valence-corrected chi connectivity index (χ1v) is 5.77. The molecule has 0 atom stereocenters. The van der Waals surface area contributed by atoms with Crippen molar-refractivity contribution in [3.63, 3.8) is 0 Å². The number of aromatic nitrogens is 3. The molecule has 5 nitrogen and oxygen atoms in total. The molecule has 0 aliphatic carbocycles. The van der Waals surface area contributed by atoms with Crippen LogP contribution >= 0.6 is 12.2 Å². The van der Waals surface area contributed by atoms with Crippen molar-refractivity contribution in [1.82, 2.24) is 14.5 Å². The maximum absolute atomic E-state index is 9.89. The number of hydrogen-bond donors (Lipinski definition) is 2. The minimum absolute atomic E-state index is 0.109. The number of aliphatic imine (C=N–C) groups is 1. The van der Waals surface area contributed by atoms with Gasteiger partial charge in [0.2, 0.25) is 5.88 Å². The van der Waals surface area contributed by atoms with Gasteiger partial charge < -0.3 is 10.1 Å². The molecule has 2 aromatic rings. The Balaban J connectivity index is 2.12. The number of nitrogens with zero attached hydrogens (tertiary/aromatic N) is 3. The molecular weight excluding hydrogens is 248 g/mol. The molecule has 0 aromatic carbocycles. The van der Waals surface area contributed by atoms with Crippen molar-refractivity contribution < 1.29 is 5.11 Å². The minimum Gasteiger partial charge on any atom is -0.493 e. The topological polar surface area (TPSA) is 66.2 Å². The fourth-order valence-corrected chi connectivity index (χ4v) is 2.02. The summed E-state index contributed by atoms with van der Waals surface area (Å²) in [4.78, 5) is 11.3. The van der Waals surface area contributed by atoms with E-state index in [9.17, 15) is 5.11 Å². The Morgan fingerprint density at radius 2 is 2.33 bits per heavy atom. The van der Waals surface area contributed by atoms with Crippen LogP contribution in [0.4, 0.5) is 5.82 Å². The van der Waals surface area contributed by atoms with E-state index in [1.54, 1.807) is 19.5 Å². The Kier molecular flexibility index (Phi) is 2.38. The second-order valence-electron chi connectivity index (χ2n) is 3.96. The Morgan fingerprint density at radius 1 is 1.50 bits per heavy atom. The van der Waals surface area contributed by atoms with Gasteiger partial charge in [-0.2, -0.15) is 0 Å². The summed E-state index contributed by atoms with van der Waals surface area (Å²) in [5, 5.41) is 9.89. The lowest BCUT2D eigenvalue weighted by molar-refractivity contribution is 0.430. The number of rotatable bonds is 1. The summed E-state index contributed by atoms with van der Waals surface area (Å²) in [6.07, 6.45) is 5.23. The molecule has 0 fully saturated rings. The third-order valence-corrected chi connectivity index (χ3v) is 3.20. The Hall–Kier alpha value is -2.21. The highest BCUT2D eigenvalue weighted by Gasteiger charge is 2.14. The first-order valence-electron chi connectivity index (χ1n) is 5.36. The molecule has 2 N–H and O–H groups in total. The van der Waals surface area contributed by atoms with Crippen molar-refractivity contribution >= 4 is 35.9 Å². The number of aromatic amines is 1. The highest BCUT2D eigenvalue weighted by molar-refractivity contribution is 7.71. The number of fused-ring (bicyclic) bond motifs is 1. The molecule has 0 radical (unpaired) electrons. The van der Waals surface area contributed by atoms with Gasteiger partial charge in [-0.3, -0.25) is 4.57 Å². The molecule has 1 aliphatic rings. The fraction of sp³-hybridized carbons (Fsp3) is 0.0833. The molecule has 1 aliphatic heterocycles. The zero-order valence-corrected chi connectivity index (χ0v) is 10.4. The third-order valence-electron chi connectivity index (χ3n) is 2.83. The molecule has 0 saturated heterocycles. The van der Waals surface area contributed by atoms with Crippen LogP contribution in [0, 0.1) is 4.77 Å². The summed E-state index contributed by atoms with van der Waals surface area (Å²) in [5.74, 6) is 0.802. The van der Waals surface area contributed by atoms with E-state index in [4.69, 9.17) is 12.2 Å². The monoisotopic (exact) mass is 258 g/mol. The minimum atomic E-state index is 0.109. The number of pyridine rings is 1. The number of hydrogen-bond acceptors (Lipinski definition) is 4. The summed E-state index contributed by atoms with van der Waals surface area (Å²) in [6.45, 7) is 0. The molecule has 90 valence electrons. The van der Waals surface area contributed by atoms with Gasteiger partial charge in [-0.25, -0.2) is 9.98 Å². The van der Waals surface area contributed by atoms with Crippen LogP contribution in [0.2, 0.25) is 0 Å². The molecule has 18 heavy (non-hydrogen) atoms. The van der Waals surface area contributed by atoms with Gasteiger partial charge in [0.1, 0.15) is 5.69 Å². The smallest absolute Gasteiger partial charge is 0.217 e. The maximum atomic E-state index is 9.89. The predicted molar refractivity (Wildman–Crippen MR) is 72.5 cm³/mol. The average Bonchev–Trinajstić information content (AvgIpc) is 2.89. The van der Waals surface area contributed by atoms with Gasteiger partial charge >= 0.3 is 0 Å². The number of H-pyrrole nitrogens is 1. The summed E-state index contributed by atoms with van der Waals surface area (Å²) >= 11 is 5.05. The van der Waals surface area contributed by atoms with E-state index in [2.05, 4.69) is 15.0 Å². The second-order valence-corrected chi connectivity index (χ2v) is 4.35. The van der Waals surface area contributed by atoms with Gasteiger partial charge in [0.15, 0.2) is 10.6 Å². The van der Waals surface area contributed by atoms with Gasteiger partial charge in [-0.1, -0.05) is 0 Å². The summed E-state index contributed by atoms with van der Waals surface area (Å²) < 4.78 is 1.98. The normalized spacial score (nSPS) is 15.3. The van der Waals surface area contributed by atoms with Crippen LogP contribution in [-0.4, -0.2) is 25.9 Å². The number of aromatic hydroxyl groups is 1. The molecule has 0 amide bonds. The molecule has 0 saturated carbocycles. The van der Waals surface area contributed by atoms with Crippen molar-refractivity contribution in [2.75, 3.05) is 0 Å². The molecule has 0 unspecified atom stereocenters. The van der Waals surface area contributed by atoms with Crippen LogP contribution in [0.25, 0.3) is 11.6 Å². The van der Waals surface area contributed by atoms with Gasteiger partial charge in [0.05, 0.1) is 0 Å². The highest BCUT2D eigenvalue weighted by atomic mass is 32.1. The zero-order chi connectivity index (χ0) is 12.7. The number of allylic oxidation sites excluding steroid dienone is 1. The van der Waals surface area contributed by atoms with Gasteiger partial charge in [-0.05, 0) is 30.4 Å². The molecule has 6 heteroatoms. The lowest BCUT2D eigenvalue weighted by atomic mass is 10.1. The van der Waals surface area contributed by atoms with Crippen molar-refractivity contribution in [3.05, 3.63) is 34.4 Å². The average molecular weight is 258 g/mol. The van der Waals surface area contributed by atoms with Gasteiger partial charge in [-0.15, -0.1) is 0 Å². The van der Waals surface area contributed by atoms with Crippen LogP contribution < -0.4 is 0 Å². The summed E-state index contributed by atoms with van der Waals surface area (Å²) in [7, 11) is 1.70. The van der Waals surface area contributed by atoms with Crippen molar-refractivity contribution in [3.8, 4) is 5.88 Å². The maximum Gasteiger partial charge on any atom is 0.217 e. The SMILES string of the molecule is Cn1c(O)c(/C=C2\C=Nc3ncccc32)[nH]c1=S. The molecule has 3 heterocycles. The van der Waals surface area contributed by atoms with E-state index in [-0.39, 0.29) is 5.88 Å². The summed E-state index contributed by atoms with van der Waals surface area (Å²) in [5.41, 5.74) is 2.41. The van der Waals surface area contributed by atoms with Crippen molar-refractivity contribution in [1.29, 1.82) is 0 Å². The van der Waals surface area contributed by atoms with E-state index in [0.717, 1.165) is 11.1 Å². The second kappa shape index (κ2) is 3.92. The van der Waals surface area contributed by atoms with Crippen LogP contribution in [0.15, 0.2) is 23.3 Å². The third kappa shape index (κ3) is 1.58. The first kappa shape index (κ1) is 10.9. The van der Waals surface area contributed by atoms with Crippen molar-refractivity contribution in [2.24, 2.45) is 12.0 Å². The van der Waals surface area contributed by atoms with Crippen LogP contribution in [-0.2, 0) is 7.05 Å². The largest absolute Gasteiger partial charge is 0.493 e. The number of imidazole rings is 1. The lowest BCUT2D eigenvalue weighted by Gasteiger charge is -1.98. The van der Waals surface area contributed by atoms with E-state index in [0.29, 0.717) is 16.3 Å². The van der Waals surface area contributed by atoms with E-state index >= 15 is 0 Å². The molecular formula is C12H10N4OS. The van der Waals surface area contributed by atoms with Crippen LogP contribution in [0.1, 0.15) is 11.3 Å². The Bertz CT molecular complexity index is 739.